The lowest BCUT2D eigenvalue weighted by molar-refractivity contribution is 0.104. The summed E-state index contributed by atoms with van der Waals surface area (Å²) in [6.07, 6.45) is 5.05. The van der Waals surface area contributed by atoms with Gasteiger partial charge in [-0.2, -0.15) is 0 Å². The Balaban J connectivity index is 1.95. The number of fused-ring (bicyclic) bond motifs is 1. The van der Waals surface area contributed by atoms with E-state index in [4.69, 9.17) is 11.6 Å². The molecule has 3 aromatic rings. The van der Waals surface area contributed by atoms with Gasteiger partial charge < -0.3 is 0 Å². The van der Waals surface area contributed by atoms with Crippen molar-refractivity contribution in [3.8, 4) is 0 Å². The Morgan fingerprint density at radius 1 is 1.24 bits per heavy atom. The number of hydrogen-bond acceptors (Lipinski definition) is 2. The van der Waals surface area contributed by atoms with E-state index >= 15 is 0 Å². The van der Waals surface area contributed by atoms with E-state index < -0.39 is 0 Å². The van der Waals surface area contributed by atoms with Crippen molar-refractivity contribution < 1.29 is 4.79 Å². The number of carbonyl (C=O) groups is 1. The van der Waals surface area contributed by atoms with Crippen LogP contribution >= 0.6 is 27.5 Å². The van der Waals surface area contributed by atoms with Crippen molar-refractivity contribution in [2.24, 2.45) is 0 Å². The molecule has 0 atom stereocenters. The Bertz CT molecular complexity index is 854. The van der Waals surface area contributed by atoms with Gasteiger partial charge in [-0.25, -0.2) is 4.98 Å². The molecule has 0 unspecified atom stereocenters. The standard InChI is InChI=1S/C16H10BrClN2O/c17-12-5-3-4-11(10-12)14(21)8-7-13-16(18)19-15-6-1-2-9-20(13)15/h1-10H/b8-7+. The number of rotatable bonds is 3. The molecule has 0 amide bonds. The Hall–Kier alpha value is -1.91. The summed E-state index contributed by atoms with van der Waals surface area (Å²) in [5, 5.41) is 0.375. The number of nitrogens with zero attached hydrogens (tertiary/aromatic N) is 2. The van der Waals surface area contributed by atoms with Crippen LogP contribution < -0.4 is 0 Å². The number of pyridine rings is 1. The molecule has 0 aliphatic rings. The number of allylic oxidation sites excluding steroid dienone is 1. The molecule has 5 heteroatoms. The first-order chi connectivity index (χ1) is 10.1. The summed E-state index contributed by atoms with van der Waals surface area (Å²) in [6.45, 7) is 0. The molecule has 2 heterocycles. The lowest BCUT2D eigenvalue weighted by Crippen LogP contribution is -1.94. The Morgan fingerprint density at radius 2 is 2.10 bits per heavy atom. The van der Waals surface area contributed by atoms with Gasteiger partial charge in [0.1, 0.15) is 5.65 Å². The predicted molar refractivity (Wildman–Crippen MR) is 87.7 cm³/mol. The number of hydrogen-bond donors (Lipinski definition) is 0. The third-order valence-corrected chi connectivity index (χ3v) is 3.80. The van der Waals surface area contributed by atoms with Crippen LogP contribution in [0.25, 0.3) is 11.7 Å². The highest BCUT2D eigenvalue weighted by Crippen LogP contribution is 2.19. The zero-order chi connectivity index (χ0) is 14.8. The average Bonchev–Trinajstić information content (AvgIpc) is 2.80. The van der Waals surface area contributed by atoms with Crippen LogP contribution in [-0.4, -0.2) is 15.2 Å². The van der Waals surface area contributed by atoms with Crippen molar-refractivity contribution in [1.29, 1.82) is 0 Å². The summed E-state index contributed by atoms with van der Waals surface area (Å²) in [5.41, 5.74) is 2.05. The van der Waals surface area contributed by atoms with Crippen LogP contribution in [0.15, 0.2) is 59.2 Å². The zero-order valence-electron chi connectivity index (χ0n) is 10.8. The number of benzene rings is 1. The molecule has 0 aliphatic carbocycles. The summed E-state index contributed by atoms with van der Waals surface area (Å²) in [4.78, 5) is 16.4. The largest absolute Gasteiger partial charge is 0.299 e. The molecular weight excluding hydrogens is 352 g/mol. The molecule has 3 rings (SSSR count). The molecule has 0 saturated heterocycles. The first kappa shape index (κ1) is 14.0. The van der Waals surface area contributed by atoms with E-state index in [1.165, 1.54) is 6.08 Å². The van der Waals surface area contributed by atoms with Crippen LogP contribution in [0.2, 0.25) is 5.15 Å². The van der Waals surface area contributed by atoms with E-state index in [9.17, 15) is 4.79 Å². The third-order valence-electron chi connectivity index (χ3n) is 3.02. The van der Waals surface area contributed by atoms with Gasteiger partial charge in [-0.1, -0.05) is 45.7 Å². The predicted octanol–water partition coefficient (Wildman–Crippen LogP) is 4.65. The molecule has 0 spiro atoms. The maximum Gasteiger partial charge on any atom is 0.185 e. The van der Waals surface area contributed by atoms with Crippen molar-refractivity contribution in [1.82, 2.24) is 9.38 Å². The minimum Gasteiger partial charge on any atom is -0.299 e. The van der Waals surface area contributed by atoms with Crippen LogP contribution in [0.1, 0.15) is 16.1 Å². The van der Waals surface area contributed by atoms with Crippen LogP contribution in [0, 0.1) is 0 Å². The van der Waals surface area contributed by atoms with E-state index in [2.05, 4.69) is 20.9 Å². The maximum atomic E-state index is 12.2. The van der Waals surface area contributed by atoms with E-state index in [1.807, 2.05) is 40.9 Å². The van der Waals surface area contributed by atoms with E-state index in [-0.39, 0.29) is 5.78 Å². The molecule has 0 saturated carbocycles. The molecule has 0 radical (unpaired) electrons. The van der Waals surface area contributed by atoms with Crippen LogP contribution in [0.4, 0.5) is 0 Å². The zero-order valence-corrected chi connectivity index (χ0v) is 13.2. The van der Waals surface area contributed by atoms with Gasteiger partial charge in [-0.05, 0) is 36.4 Å². The van der Waals surface area contributed by atoms with Gasteiger partial charge in [0.2, 0.25) is 0 Å². The molecular formula is C16H10BrClN2O. The highest BCUT2D eigenvalue weighted by Gasteiger charge is 2.08. The Kier molecular flexibility index (Phi) is 3.90. The normalized spacial score (nSPS) is 11.3. The van der Waals surface area contributed by atoms with Gasteiger partial charge in [-0.3, -0.25) is 9.20 Å². The monoisotopic (exact) mass is 360 g/mol. The molecule has 0 fully saturated rings. The lowest BCUT2D eigenvalue weighted by atomic mass is 10.1. The van der Waals surface area contributed by atoms with Crippen LogP contribution in [0.3, 0.4) is 0 Å². The van der Waals surface area contributed by atoms with Gasteiger partial charge in [0.25, 0.3) is 0 Å². The van der Waals surface area contributed by atoms with Crippen LogP contribution in [0.5, 0.6) is 0 Å². The second kappa shape index (κ2) is 5.84. The highest BCUT2D eigenvalue weighted by atomic mass is 79.9. The minimum absolute atomic E-state index is 0.0850. The van der Waals surface area contributed by atoms with Crippen molar-refractivity contribution in [3.05, 3.63) is 75.6 Å². The molecule has 1 aromatic carbocycles. The fourth-order valence-corrected chi connectivity index (χ4v) is 2.67. The number of carbonyl (C=O) groups excluding carboxylic acids is 1. The van der Waals surface area contributed by atoms with Gasteiger partial charge >= 0.3 is 0 Å². The quantitative estimate of drug-likeness (QED) is 0.503. The summed E-state index contributed by atoms with van der Waals surface area (Å²) in [7, 11) is 0. The topological polar surface area (TPSA) is 34.4 Å². The second-order valence-electron chi connectivity index (χ2n) is 4.42. The highest BCUT2D eigenvalue weighted by molar-refractivity contribution is 9.10. The van der Waals surface area contributed by atoms with Crippen molar-refractivity contribution >= 4 is 45.0 Å². The summed E-state index contributed by atoms with van der Waals surface area (Å²) in [6, 6.07) is 12.9. The van der Waals surface area contributed by atoms with Gasteiger partial charge in [-0.15, -0.1) is 0 Å². The Labute approximate surface area is 135 Å². The smallest absolute Gasteiger partial charge is 0.185 e. The fourth-order valence-electron chi connectivity index (χ4n) is 2.03. The molecule has 3 nitrogen and oxygen atoms in total. The molecule has 21 heavy (non-hydrogen) atoms. The number of halogens is 2. The molecule has 0 aliphatic heterocycles. The second-order valence-corrected chi connectivity index (χ2v) is 5.70. The molecule has 2 aromatic heterocycles. The first-order valence-electron chi connectivity index (χ1n) is 6.26. The van der Waals surface area contributed by atoms with Gasteiger partial charge in [0, 0.05) is 16.2 Å². The number of aromatic nitrogens is 2. The number of ketones is 1. The SMILES string of the molecule is O=C(/C=C/c1c(Cl)nc2ccccn12)c1cccc(Br)c1. The van der Waals surface area contributed by atoms with Crippen molar-refractivity contribution in [2.45, 2.75) is 0 Å². The average molecular weight is 362 g/mol. The van der Waals surface area contributed by atoms with Crippen molar-refractivity contribution in [3.63, 3.8) is 0 Å². The van der Waals surface area contributed by atoms with E-state index in [0.29, 0.717) is 16.4 Å². The Morgan fingerprint density at radius 3 is 2.90 bits per heavy atom. The first-order valence-corrected chi connectivity index (χ1v) is 7.43. The minimum atomic E-state index is -0.0850. The summed E-state index contributed by atoms with van der Waals surface area (Å²) >= 11 is 9.47. The molecule has 0 N–H and O–H groups in total. The van der Waals surface area contributed by atoms with Gasteiger partial charge in [0.05, 0.1) is 5.69 Å². The van der Waals surface area contributed by atoms with Gasteiger partial charge in [0.15, 0.2) is 10.9 Å². The van der Waals surface area contributed by atoms with E-state index in [1.54, 1.807) is 18.2 Å². The number of imidazole rings is 1. The van der Waals surface area contributed by atoms with Crippen LogP contribution in [-0.2, 0) is 0 Å². The summed E-state index contributed by atoms with van der Waals surface area (Å²) < 4.78 is 2.71. The maximum absolute atomic E-state index is 12.2. The lowest BCUT2D eigenvalue weighted by Gasteiger charge is -1.98. The van der Waals surface area contributed by atoms with E-state index in [0.717, 1.165) is 10.1 Å². The molecule has 104 valence electrons. The molecule has 0 bridgehead atoms. The fraction of sp³-hybridized carbons (Fsp3) is 0. The summed E-state index contributed by atoms with van der Waals surface area (Å²) in [5.74, 6) is -0.0850. The third kappa shape index (κ3) is 2.91. The van der Waals surface area contributed by atoms with Crippen molar-refractivity contribution in [2.75, 3.05) is 0 Å².